The molecule has 0 spiro atoms. The van der Waals surface area contributed by atoms with Gasteiger partial charge in [-0.1, -0.05) is 220 Å². The van der Waals surface area contributed by atoms with E-state index in [0.717, 1.165) is 84.4 Å². The van der Waals surface area contributed by atoms with Gasteiger partial charge in [-0.2, -0.15) is 29.4 Å². The van der Waals surface area contributed by atoms with Gasteiger partial charge in [0.25, 0.3) is 0 Å². The van der Waals surface area contributed by atoms with Crippen molar-refractivity contribution in [3.05, 3.63) is 342 Å². The molecule has 0 bridgehead atoms. The van der Waals surface area contributed by atoms with Crippen LogP contribution in [-0.2, 0) is 131 Å². The van der Waals surface area contributed by atoms with Gasteiger partial charge < -0.3 is 30.1 Å². The van der Waals surface area contributed by atoms with Gasteiger partial charge in [0.15, 0.2) is 0 Å². The van der Waals surface area contributed by atoms with Gasteiger partial charge in [0, 0.05) is 172 Å². The molecule has 0 amide bonds. The van der Waals surface area contributed by atoms with Crippen LogP contribution in [0.1, 0.15) is 266 Å². The minimum Gasteiger partial charge on any atom is -0.507 e. The van der Waals surface area contributed by atoms with Gasteiger partial charge in [-0.05, 0) is 254 Å². The quantitative estimate of drug-likeness (QED) is 0.0454. The van der Waals surface area contributed by atoms with Gasteiger partial charge in [-0.15, -0.1) is 102 Å². The third-order valence-electron chi connectivity index (χ3n) is 28.4. The number of pyridine rings is 6. The Morgan fingerprint density at radius 1 is 0.459 bits per heavy atom. The number of aromatic hydroxyl groups is 1. The molecule has 6 aliphatic carbocycles. The van der Waals surface area contributed by atoms with Gasteiger partial charge in [-0.25, -0.2) is 9.78 Å². The van der Waals surface area contributed by atoms with Crippen LogP contribution in [-0.4, -0.2) is 55.9 Å². The maximum Gasteiger partial charge on any atom is 0.354 e. The molecule has 2 N–H and O–H groups in total. The van der Waals surface area contributed by atoms with Crippen molar-refractivity contribution in [3.63, 3.8) is 0 Å². The second kappa shape index (κ2) is 53.7. The number of para-hydroxylation sites is 1. The molecular formula is C115H127F4Ir4N8O3Rh-5. The summed E-state index contributed by atoms with van der Waals surface area (Å²) < 4.78 is 60.7. The number of benzene rings is 6. The molecule has 723 valence electrons. The first-order valence-electron chi connectivity index (χ1n) is 47.1. The maximum absolute atomic E-state index is 15.4. The number of hydrogen-bond donors (Lipinski definition) is 2. The zero-order chi connectivity index (χ0) is 91.6. The summed E-state index contributed by atoms with van der Waals surface area (Å²) in [7, 11) is 0. The number of halogens is 4. The van der Waals surface area contributed by atoms with Crippen LogP contribution in [0.15, 0.2) is 250 Å². The molecule has 13 aromatic rings. The van der Waals surface area contributed by atoms with Gasteiger partial charge in [0.05, 0.1) is 11.9 Å². The third-order valence-corrected chi connectivity index (χ3v) is 28.4. The number of carboxylic acid groups (broad SMARTS) is 1. The SMILES string of the molecule is CC(c1ccc(-c2ccccn2)c(O)c1)C1(C)CCCC1.CC1(CCc2c(F)c[c-]c(-c3ccccn3)c2F)CCCC1.CC1(Cc2ccnc(-c3[c-]cccc3)c2)CCCC1.CC1(c2cnn(-c3[c-]cccc3)c2)CCCCC1.CC1CCC(C)(Cc2c(F)c[c-]c(-c3cc(CC4(C)CCCC4)ccn3)c2F)C1.O=C(O)c1ccccn1.[Ir].[Ir].[Ir].[Ir].[Rh].[c-]1ccccc1-c1ccccn1. The third kappa shape index (κ3) is 31.8. The van der Waals surface area contributed by atoms with E-state index in [0.29, 0.717) is 69.0 Å². The first-order chi connectivity index (χ1) is 62.8. The molecule has 3 unspecified atom stereocenters. The first kappa shape index (κ1) is 112. The van der Waals surface area contributed by atoms with Crippen LogP contribution in [0, 0.1) is 86.6 Å². The number of rotatable bonds is 19. The van der Waals surface area contributed by atoms with E-state index in [1.54, 1.807) is 55.1 Å². The minimum atomic E-state index is -0.990. The summed E-state index contributed by atoms with van der Waals surface area (Å²) in [5.74, 6) is -1.54. The van der Waals surface area contributed by atoms with Crippen molar-refractivity contribution in [2.75, 3.05) is 0 Å². The van der Waals surface area contributed by atoms with E-state index in [-0.39, 0.29) is 133 Å². The number of aromatic carboxylic acids is 1. The topological polar surface area (TPSA) is 153 Å². The number of phenols is 1. The van der Waals surface area contributed by atoms with Crippen LogP contribution in [0.25, 0.3) is 62.0 Å². The van der Waals surface area contributed by atoms with Crippen LogP contribution in [0.5, 0.6) is 5.75 Å². The molecule has 6 aromatic carbocycles. The van der Waals surface area contributed by atoms with Gasteiger partial charge in [0.2, 0.25) is 0 Å². The second-order valence-corrected chi connectivity index (χ2v) is 39.1. The Hall–Kier alpha value is -8.36. The summed E-state index contributed by atoms with van der Waals surface area (Å²) in [5, 5.41) is 23.2. The van der Waals surface area contributed by atoms with Crippen LogP contribution < -0.4 is 0 Å². The van der Waals surface area contributed by atoms with Crippen molar-refractivity contribution in [1.29, 1.82) is 0 Å². The summed E-state index contributed by atoms with van der Waals surface area (Å²) in [6, 6.07) is 77.6. The molecular weight excluding hydrogens is 2490 g/mol. The number of aromatic nitrogens is 8. The maximum atomic E-state index is 15.4. The smallest absolute Gasteiger partial charge is 0.354 e. The number of carboxylic acids is 1. The summed E-state index contributed by atoms with van der Waals surface area (Å²) in [6.07, 6.45) is 48.7. The number of nitrogens with zero attached hydrogens (tertiary/aromatic N) is 8. The standard InChI is InChI=1S/C26H32F2N.C19H20F2N.C19H23NO.C18H20N.C16H19N2.C11H8N.C6H5NO2.4Ir.Rh/c1-18-8-12-26(3,15-18)17-21-22(27)7-6-20(24(21)28)23-14-19(9-13-29-23)16-25(2)10-4-5-11-25;1-19(10-3-4-11-19)12-9-14-16(20)8-7-15(18(14)21)17-6-2-5-13-22-17;1-14(19(2)10-4-5-11-19)15-8-9-16(18(21)13-15)17-7-3-6-12-20-17;1-18(10-5-6-11-18)14-15-9-12-19-17(13-15)16-7-3-2-4-8-16;1-16(10-6-3-7-11-16)14-12-17-18(13-14)15-8-4-2-5-9-15;1-2-6-10(7-3-1)11-8-4-5-9-12-11;8-6(9)5-3-1-2-4-7-5;;;;;/h7,9,13-14,18H,4-5,8,10-12,15-17H2,1-3H3;2,5-6,8,13H,3-4,9-12H2,1H3;3,6-9,12-14,21H,4-5,10-11H2,1-2H3;2-4,7,9,12-13H,5-6,10-11,14H2,1H3;2,4-5,8,12-13H,3,6-7,10-11H2,1H3;1-6,8-9H;1-4H,(H,8,9);;;;;/q2*-1;;3*-1;;;;;;. The Morgan fingerprint density at radius 3 is 1.42 bits per heavy atom. The molecule has 6 fully saturated rings. The average molecular weight is 2620 g/mol. The largest absolute Gasteiger partial charge is 0.507 e. The predicted octanol–water partition coefficient (Wildman–Crippen LogP) is 29.7. The molecule has 7 heterocycles. The predicted molar refractivity (Wildman–Crippen MR) is 515 cm³/mol. The van der Waals surface area contributed by atoms with Crippen LogP contribution in [0.2, 0.25) is 0 Å². The molecule has 0 aliphatic heterocycles. The zero-order valence-electron chi connectivity index (χ0n) is 78.9. The number of carbonyl (C=O) groups is 1. The van der Waals surface area contributed by atoms with Crippen LogP contribution >= 0.6 is 0 Å². The second-order valence-electron chi connectivity index (χ2n) is 39.1. The molecule has 5 radical (unpaired) electrons. The zero-order valence-corrected chi connectivity index (χ0v) is 90.1. The molecule has 20 heteroatoms. The first-order valence-corrected chi connectivity index (χ1v) is 47.1. The summed E-state index contributed by atoms with van der Waals surface area (Å²) in [4.78, 5) is 35.3. The van der Waals surface area contributed by atoms with E-state index >= 15 is 4.39 Å². The van der Waals surface area contributed by atoms with E-state index < -0.39 is 29.2 Å². The van der Waals surface area contributed by atoms with Crippen molar-refractivity contribution in [2.45, 2.75) is 253 Å². The Bertz CT molecular complexity index is 5680. The molecule has 3 atom stereocenters. The van der Waals surface area contributed by atoms with Crippen molar-refractivity contribution in [3.8, 4) is 67.7 Å². The monoisotopic (exact) mass is 2620 g/mol. The Kier molecular flexibility index (Phi) is 44.5. The minimum absolute atomic E-state index is 0. The molecule has 7 aromatic heterocycles. The fourth-order valence-corrected chi connectivity index (χ4v) is 20.3. The van der Waals surface area contributed by atoms with E-state index in [9.17, 15) is 23.1 Å². The Labute approximate surface area is 866 Å². The summed E-state index contributed by atoms with van der Waals surface area (Å²) in [5.41, 5.74) is 15.8. The molecule has 11 nitrogen and oxygen atoms in total. The molecule has 6 aliphatic rings. The molecule has 135 heavy (non-hydrogen) atoms. The van der Waals surface area contributed by atoms with E-state index in [1.807, 2.05) is 144 Å². The number of hydrogen-bond acceptors (Lipinski definition) is 9. The number of phenolic OH excluding ortho intramolecular Hbond substituents is 1. The van der Waals surface area contributed by atoms with Gasteiger partial charge >= 0.3 is 5.97 Å². The molecule has 0 saturated heterocycles. The van der Waals surface area contributed by atoms with Crippen molar-refractivity contribution in [2.24, 2.45) is 33.0 Å². The molecule has 19 rings (SSSR count). The Morgan fingerprint density at radius 2 is 0.926 bits per heavy atom. The van der Waals surface area contributed by atoms with Gasteiger partial charge in [-0.3, -0.25) is 27.2 Å². The summed E-state index contributed by atoms with van der Waals surface area (Å²) >= 11 is 0. The fraction of sp³-hybridized carbons (Fsp3) is 0.391. The van der Waals surface area contributed by atoms with Crippen molar-refractivity contribution in [1.82, 2.24) is 39.7 Å². The van der Waals surface area contributed by atoms with E-state index in [4.69, 9.17) is 5.11 Å². The molecule has 6 saturated carbocycles. The van der Waals surface area contributed by atoms with Crippen molar-refractivity contribution < 1.29 is 132 Å². The van der Waals surface area contributed by atoms with Crippen LogP contribution in [0.3, 0.4) is 0 Å². The van der Waals surface area contributed by atoms with Gasteiger partial charge in [0.1, 0.15) is 11.4 Å². The summed E-state index contributed by atoms with van der Waals surface area (Å²) in [6.45, 7) is 18.4. The fourth-order valence-electron chi connectivity index (χ4n) is 20.3. The van der Waals surface area contributed by atoms with Crippen LogP contribution in [0.4, 0.5) is 17.6 Å². The van der Waals surface area contributed by atoms with E-state index in [2.05, 4.69) is 151 Å². The normalized spacial score (nSPS) is 17.7. The van der Waals surface area contributed by atoms with Crippen molar-refractivity contribution >= 4 is 5.97 Å². The average Bonchev–Trinajstić information content (AvgIpc) is 1.76. The Balaban J connectivity index is 0.000000196. The van der Waals surface area contributed by atoms with E-state index in [1.165, 1.54) is 175 Å².